The molecule has 0 spiro atoms. The van der Waals surface area contributed by atoms with Crippen LogP contribution in [0.2, 0.25) is 0 Å². The van der Waals surface area contributed by atoms with Gasteiger partial charge in [0.25, 0.3) is 11.5 Å². The quantitative estimate of drug-likeness (QED) is 0.381. The van der Waals surface area contributed by atoms with E-state index in [1.807, 2.05) is 30.3 Å². The van der Waals surface area contributed by atoms with Gasteiger partial charge in [0.05, 0.1) is 19.3 Å². The van der Waals surface area contributed by atoms with Crippen LogP contribution in [0.5, 0.6) is 5.75 Å². The fraction of sp³-hybridized carbons (Fsp3) is 0.370. The summed E-state index contributed by atoms with van der Waals surface area (Å²) in [5, 5.41) is 0. The van der Waals surface area contributed by atoms with Crippen LogP contribution < -0.4 is 10.3 Å². The second-order valence-corrected chi connectivity index (χ2v) is 8.62. The van der Waals surface area contributed by atoms with Crippen LogP contribution in [0.25, 0.3) is 0 Å². The lowest BCUT2D eigenvalue weighted by atomic mass is 10.1. The second kappa shape index (κ2) is 10.6. The number of benzene rings is 1. The molecule has 0 fully saturated rings. The molecule has 3 aromatic rings. The summed E-state index contributed by atoms with van der Waals surface area (Å²) in [7, 11) is 1.31. The molecule has 0 aliphatic carbocycles. The van der Waals surface area contributed by atoms with Gasteiger partial charge in [-0.05, 0) is 38.3 Å². The topological polar surface area (TPSA) is 91.0 Å². The van der Waals surface area contributed by atoms with Gasteiger partial charge >= 0.3 is 5.97 Å². The van der Waals surface area contributed by atoms with Crippen LogP contribution in [0.4, 0.5) is 0 Å². The van der Waals surface area contributed by atoms with E-state index in [2.05, 4.69) is 0 Å². The lowest BCUT2D eigenvalue weighted by molar-refractivity contribution is 0.0593. The van der Waals surface area contributed by atoms with E-state index >= 15 is 0 Å². The Hall–Kier alpha value is -3.81. The Morgan fingerprint density at radius 2 is 1.83 bits per heavy atom. The number of rotatable bonds is 7. The normalized spacial score (nSPS) is 13.2. The number of carbonyl (C=O) groups excluding carboxylic acids is 2. The fourth-order valence-electron chi connectivity index (χ4n) is 4.50. The molecular weight excluding hydrogens is 448 g/mol. The van der Waals surface area contributed by atoms with Crippen molar-refractivity contribution in [2.24, 2.45) is 0 Å². The molecule has 0 bridgehead atoms. The number of ether oxygens (including phenoxy) is 2. The number of furan rings is 1. The number of amides is 1. The highest BCUT2D eigenvalue weighted by molar-refractivity contribution is 5.96. The van der Waals surface area contributed by atoms with E-state index < -0.39 is 5.97 Å². The van der Waals surface area contributed by atoms with Crippen LogP contribution in [-0.2, 0) is 24.1 Å². The smallest absolute Gasteiger partial charge is 0.343 e. The maximum atomic E-state index is 13.1. The standard InChI is InChI=1S/C27H30N2O6/c1-18-16-21(19(2)35-18)26(31)28-12-11-22-25(27(32)33-3)23(17-24(30)29(22)14-13-28)34-15-7-10-20-8-5-4-6-9-20/h4-6,8-9,16-17H,7,10-15H2,1-3H3. The van der Waals surface area contributed by atoms with Gasteiger partial charge in [-0.2, -0.15) is 0 Å². The molecule has 1 aliphatic rings. The number of methoxy groups -OCH3 is 1. The number of carbonyl (C=O) groups is 2. The largest absolute Gasteiger partial charge is 0.492 e. The molecule has 8 heteroatoms. The van der Waals surface area contributed by atoms with Crippen LogP contribution in [0.15, 0.2) is 51.7 Å². The Kier molecular flexibility index (Phi) is 7.39. The summed E-state index contributed by atoms with van der Waals surface area (Å²) in [6, 6.07) is 13.1. The summed E-state index contributed by atoms with van der Waals surface area (Å²) in [5.41, 5.74) is 2.21. The lowest BCUT2D eigenvalue weighted by Gasteiger charge is -2.19. The molecule has 3 heterocycles. The van der Waals surface area contributed by atoms with E-state index in [0.29, 0.717) is 48.9 Å². The Morgan fingerprint density at radius 1 is 1.06 bits per heavy atom. The molecule has 184 valence electrons. The summed E-state index contributed by atoms with van der Waals surface area (Å²) >= 11 is 0. The van der Waals surface area contributed by atoms with Crippen LogP contribution in [0.3, 0.4) is 0 Å². The molecule has 4 rings (SSSR count). The predicted octanol–water partition coefficient (Wildman–Crippen LogP) is 3.55. The summed E-state index contributed by atoms with van der Waals surface area (Å²) in [5.74, 6) is 0.738. The zero-order chi connectivity index (χ0) is 24.9. The molecule has 0 atom stereocenters. The van der Waals surface area contributed by atoms with Gasteiger partial charge in [0.1, 0.15) is 22.8 Å². The average Bonchev–Trinajstić information content (AvgIpc) is 3.05. The number of fused-ring (bicyclic) bond motifs is 1. The van der Waals surface area contributed by atoms with Gasteiger partial charge in [-0.1, -0.05) is 30.3 Å². The van der Waals surface area contributed by atoms with Crippen LogP contribution in [0, 0.1) is 13.8 Å². The summed E-state index contributed by atoms with van der Waals surface area (Å²) < 4.78 is 18.0. The Balaban J connectivity index is 1.55. The lowest BCUT2D eigenvalue weighted by Crippen LogP contribution is -2.34. The molecule has 1 amide bonds. The molecule has 1 aliphatic heterocycles. The highest BCUT2D eigenvalue weighted by Gasteiger charge is 2.28. The molecular formula is C27H30N2O6. The van der Waals surface area contributed by atoms with E-state index in [-0.39, 0.29) is 29.3 Å². The first-order chi connectivity index (χ1) is 16.9. The first-order valence-electron chi connectivity index (χ1n) is 11.8. The van der Waals surface area contributed by atoms with Crippen molar-refractivity contribution in [3.8, 4) is 5.75 Å². The van der Waals surface area contributed by atoms with Gasteiger partial charge in [-0.15, -0.1) is 0 Å². The molecule has 0 radical (unpaired) electrons. The maximum absolute atomic E-state index is 13.1. The monoisotopic (exact) mass is 478 g/mol. The Labute approximate surface area is 204 Å². The number of aryl methyl sites for hydroxylation is 3. The minimum absolute atomic E-state index is 0.155. The first-order valence-corrected chi connectivity index (χ1v) is 11.8. The van der Waals surface area contributed by atoms with Crippen LogP contribution in [0.1, 0.15) is 49.9 Å². The Morgan fingerprint density at radius 3 is 2.51 bits per heavy atom. The second-order valence-electron chi connectivity index (χ2n) is 8.62. The summed E-state index contributed by atoms with van der Waals surface area (Å²) in [6.45, 7) is 4.87. The van der Waals surface area contributed by atoms with E-state index in [1.54, 1.807) is 29.4 Å². The van der Waals surface area contributed by atoms with E-state index in [9.17, 15) is 14.4 Å². The highest BCUT2D eigenvalue weighted by Crippen LogP contribution is 2.25. The molecule has 1 aromatic carbocycles. The number of hydrogen-bond donors (Lipinski definition) is 0. The number of hydrogen-bond acceptors (Lipinski definition) is 6. The minimum Gasteiger partial charge on any atom is -0.492 e. The molecule has 0 N–H and O–H groups in total. The zero-order valence-electron chi connectivity index (χ0n) is 20.3. The van der Waals surface area contributed by atoms with Gasteiger partial charge < -0.3 is 23.4 Å². The third-order valence-electron chi connectivity index (χ3n) is 6.25. The predicted molar refractivity (Wildman–Crippen MR) is 130 cm³/mol. The van der Waals surface area contributed by atoms with Crippen molar-refractivity contribution in [3.63, 3.8) is 0 Å². The van der Waals surface area contributed by atoms with E-state index in [0.717, 1.165) is 12.8 Å². The number of esters is 1. The minimum atomic E-state index is -0.562. The third kappa shape index (κ3) is 5.31. The van der Waals surface area contributed by atoms with Crippen molar-refractivity contribution in [2.75, 3.05) is 26.8 Å². The third-order valence-corrected chi connectivity index (χ3v) is 6.25. The van der Waals surface area contributed by atoms with Crippen molar-refractivity contribution >= 4 is 11.9 Å². The molecule has 35 heavy (non-hydrogen) atoms. The first kappa shape index (κ1) is 24.3. The fourth-order valence-corrected chi connectivity index (χ4v) is 4.50. The van der Waals surface area contributed by atoms with Gasteiger partial charge in [0, 0.05) is 37.8 Å². The van der Waals surface area contributed by atoms with Crippen molar-refractivity contribution in [2.45, 2.75) is 39.7 Å². The number of aromatic nitrogens is 1. The van der Waals surface area contributed by atoms with Crippen molar-refractivity contribution in [1.29, 1.82) is 0 Å². The Bertz CT molecular complexity index is 1270. The van der Waals surface area contributed by atoms with Gasteiger partial charge in [-0.25, -0.2) is 4.79 Å². The summed E-state index contributed by atoms with van der Waals surface area (Å²) in [4.78, 5) is 40.5. The van der Waals surface area contributed by atoms with Crippen molar-refractivity contribution in [1.82, 2.24) is 9.47 Å². The average molecular weight is 479 g/mol. The van der Waals surface area contributed by atoms with Gasteiger partial charge in [0.2, 0.25) is 0 Å². The van der Waals surface area contributed by atoms with Crippen molar-refractivity contribution in [3.05, 3.63) is 86.7 Å². The molecule has 2 aromatic heterocycles. The maximum Gasteiger partial charge on any atom is 0.343 e. The molecule has 0 saturated carbocycles. The van der Waals surface area contributed by atoms with Crippen LogP contribution in [-0.4, -0.2) is 48.1 Å². The van der Waals surface area contributed by atoms with E-state index in [1.165, 1.54) is 18.7 Å². The molecule has 0 unspecified atom stereocenters. The molecule has 8 nitrogen and oxygen atoms in total. The van der Waals surface area contributed by atoms with Crippen molar-refractivity contribution < 1.29 is 23.5 Å². The zero-order valence-corrected chi connectivity index (χ0v) is 20.3. The van der Waals surface area contributed by atoms with Gasteiger partial charge in [0.15, 0.2) is 0 Å². The van der Waals surface area contributed by atoms with Crippen LogP contribution >= 0.6 is 0 Å². The highest BCUT2D eigenvalue weighted by atomic mass is 16.5. The van der Waals surface area contributed by atoms with Gasteiger partial charge in [-0.3, -0.25) is 9.59 Å². The summed E-state index contributed by atoms with van der Waals surface area (Å²) in [6.07, 6.45) is 1.87. The SMILES string of the molecule is COC(=O)c1c(OCCCc2ccccc2)cc(=O)n2c1CCN(C(=O)c1cc(C)oc1C)CC2. The number of nitrogens with zero attached hydrogens (tertiary/aromatic N) is 2. The van der Waals surface area contributed by atoms with E-state index in [4.69, 9.17) is 13.9 Å². The molecule has 0 saturated heterocycles. The number of pyridine rings is 1.